The summed E-state index contributed by atoms with van der Waals surface area (Å²) in [5.74, 6) is 1.73. The largest absolute Gasteiger partial charge is 0.311 e. The fraction of sp³-hybridized carbons (Fsp3) is 0.733. The Morgan fingerprint density at radius 1 is 1.38 bits per heavy atom. The zero-order valence-corrected chi connectivity index (χ0v) is 14.6. The molecule has 0 saturated heterocycles. The maximum Gasteiger partial charge on any atom is 0.158 e. The van der Waals surface area contributed by atoms with Gasteiger partial charge in [0, 0.05) is 30.6 Å². The number of halogens is 1. The maximum atomic E-state index is 5.99. The molecular weight excluding hydrogens is 304 g/mol. The summed E-state index contributed by atoms with van der Waals surface area (Å²) in [6.45, 7) is 3.16. The number of nitrogens with zero attached hydrogens (tertiary/aromatic N) is 4. The summed E-state index contributed by atoms with van der Waals surface area (Å²) in [5, 5.41) is 4.62. The normalized spacial score (nSPS) is 17.3. The van der Waals surface area contributed by atoms with E-state index in [0.29, 0.717) is 10.6 Å². The predicted molar refractivity (Wildman–Crippen MR) is 90.4 cm³/mol. The summed E-state index contributed by atoms with van der Waals surface area (Å²) in [7, 11) is 2.02. The molecule has 1 aliphatic carbocycles. The second-order valence-corrected chi connectivity index (χ2v) is 7.54. The van der Waals surface area contributed by atoms with E-state index in [2.05, 4.69) is 22.8 Å². The molecule has 1 fully saturated rings. The minimum absolute atomic E-state index is 0.380. The van der Waals surface area contributed by atoms with E-state index in [-0.39, 0.29) is 0 Å². The zero-order chi connectivity index (χ0) is 15.0. The molecule has 0 N–H and O–H groups in total. The van der Waals surface area contributed by atoms with Gasteiger partial charge in [-0.25, -0.2) is 4.98 Å². The predicted octanol–water partition coefficient (Wildman–Crippen LogP) is 3.40. The smallest absolute Gasteiger partial charge is 0.158 e. The molecule has 2 aromatic heterocycles. The highest BCUT2D eigenvalue weighted by molar-refractivity contribution is 8.00. The summed E-state index contributed by atoms with van der Waals surface area (Å²) >= 11 is 7.99. The number of aromatic nitrogens is 4. The first-order chi connectivity index (χ1) is 10.1. The van der Waals surface area contributed by atoms with Crippen LogP contribution in [0.25, 0.3) is 11.2 Å². The molecular formula is C15H23ClN4S. The quantitative estimate of drug-likeness (QED) is 0.763. The second kappa shape index (κ2) is 5.84. The Hall–Kier alpha value is -0.680. The topological polar surface area (TPSA) is 35.6 Å². The van der Waals surface area contributed by atoms with E-state index < -0.39 is 0 Å². The van der Waals surface area contributed by atoms with E-state index in [4.69, 9.17) is 16.6 Å². The summed E-state index contributed by atoms with van der Waals surface area (Å²) in [4.78, 5) is 4.86. The Morgan fingerprint density at radius 2 is 2.14 bits per heavy atom. The van der Waals surface area contributed by atoms with Crippen LogP contribution in [0.4, 0.5) is 0 Å². The van der Waals surface area contributed by atoms with Gasteiger partial charge in [0.25, 0.3) is 0 Å². The molecule has 0 radical (unpaired) electrons. The fourth-order valence-corrected chi connectivity index (χ4v) is 4.38. The molecule has 0 aromatic carbocycles. The van der Waals surface area contributed by atoms with E-state index >= 15 is 0 Å². The molecule has 2 heterocycles. The summed E-state index contributed by atoms with van der Waals surface area (Å²) < 4.78 is 4.75. The first-order valence-electron chi connectivity index (χ1n) is 7.66. The minimum atomic E-state index is 0.380. The van der Waals surface area contributed by atoms with Crippen LogP contribution in [0.3, 0.4) is 0 Å². The van der Waals surface area contributed by atoms with E-state index in [1.54, 1.807) is 0 Å². The lowest BCUT2D eigenvalue weighted by molar-refractivity contribution is 0.320. The van der Waals surface area contributed by atoms with Crippen LogP contribution in [0, 0.1) is 0 Å². The number of alkyl halides is 1. The third-order valence-corrected chi connectivity index (χ3v) is 6.26. The Labute approximate surface area is 135 Å². The van der Waals surface area contributed by atoms with Crippen molar-refractivity contribution >= 4 is 34.5 Å². The number of hydrogen-bond donors (Lipinski definition) is 0. The number of imidazole rings is 1. The van der Waals surface area contributed by atoms with Gasteiger partial charge in [-0.05, 0) is 25.5 Å². The number of rotatable bonds is 6. The molecule has 0 bridgehead atoms. The molecule has 0 atom stereocenters. The number of aryl methyl sites for hydroxylation is 3. The van der Waals surface area contributed by atoms with Crippen LogP contribution in [0.5, 0.6) is 0 Å². The van der Waals surface area contributed by atoms with Crippen LogP contribution in [-0.2, 0) is 26.4 Å². The Morgan fingerprint density at radius 3 is 2.67 bits per heavy atom. The molecule has 4 nitrogen and oxygen atoms in total. The van der Waals surface area contributed by atoms with Gasteiger partial charge >= 0.3 is 0 Å². The van der Waals surface area contributed by atoms with Crippen LogP contribution in [0.1, 0.15) is 37.7 Å². The third-order valence-electron chi connectivity index (χ3n) is 4.67. The standard InChI is InChI=1S/C15H23ClN4S/c1-4-11-13-14(19(2)18-11)20(12(17-13)6-9-16)10-15(21-3)7-5-8-15/h4-10H2,1-3H3. The van der Waals surface area contributed by atoms with E-state index in [1.807, 2.05) is 23.5 Å². The van der Waals surface area contributed by atoms with Gasteiger partial charge in [-0.15, -0.1) is 11.6 Å². The molecule has 116 valence electrons. The van der Waals surface area contributed by atoms with Gasteiger partial charge in [0.1, 0.15) is 11.3 Å². The molecule has 0 amide bonds. The summed E-state index contributed by atoms with van der Waals surface area (Å²) in [6.07, 6.45) is 7.91. The first kappa shape index (κ1) is 15.2. The van der Waals surface area contributed by atoms with Crippen molar-refractivity contribution in [3.8, 4) is 0 Å². The molecule has 21 heavy (non-hydrogen) atoms. The summed E-state index contributed by atoms with van der Waals surface area (Å²) in [5.41, 5.74) is 3.32. The molecule has 2 aromatic rings. The van der Waals surface area contributed by atoms with Gasteiger partial charge < -0.3 is 4.57 Å². The van der Waals surface area contributed by atoms with Gasteiger partial charge in [-0.1, -0.05) is 13.3 Å². The minimum Gasteiger partial charge on any atom is -0.311 e. The molecule has 0 spiro atoms. The van der Waals surface area contributed by atoms with Crippen molar-refractivity contribution in [3.05, 3.63) is 11.5 Å². The summed E-state index contributed by atoms with van der Waals surface area (Å²) in [6, 6.07) is 0. The Balaban J connectivity index is 2.09. The zero-order valence-electron chi connectivity index (χ0n) is 13.0. The highest BCUT2D eigenvalue weighted by Gasteiger charge is 2.37. The van der Waals surface area contributed by atoms with Gasteiger partial charge in [-0.3, -0.25) is 4.68 Å². The average Bonchev–Trinajstić information content (AvgIpc) is 2.93. The van der Waals surface area contributed by atoms with Crippen molar-refractivity contribution in [2.45, 2.75) is 50.3 Å². The monoisotopic (exact) mass is 326 g/mol. The Bertz CT molecular complexity index is 636. The van der Waals surface area contributed by atoms with Crippen molar-refractivity contribution in [1.29, 1.82) is 0 Å². The van der Waals surface area contributed by atoms with E-state index in [0.717, 1.165) is 42.1 Å². The molecule has 0 unspecified atom stereocenters. The molecule has 0 aliphatic heterocycles. The van der Waals surface area contributed by atoms with Gasteiger partial charge in [0.05, 0.1) is 5.69 Å². The molecule has 3 rings (SSSR count). The lowest BCUT2D eigenvalue weighted by Crippen LogP contribution is -2.38. The average molecular weight is 327 g/mol. The molecule has 1 aliphatic rings. The van der Waals surface area contributed by atoms with Crippen LogP contribution in [0.2, 0.25) is 0 Å². The molecule has 6 heteroatoms. The van der Waals surface area contributed by atoms with Crippen LogP contribution in [-0.4, -0.2) is 36.2 Å². The number of fused-ring (bicyclic) bond motifs is 1. The first-order valence-corrected chi connectivity index (χ1v) is 9.42. The van der Waals surface area contributed by atoms with E-state index in [1.165, 1.54) is 19.3 Å². The maximum absolute atomic E-state index is 5.99. The lowest BCUT2D eigenvalue weighted by atomic mass is 9.84. The van der Waals surface area contributed by atoms with Crippen molar-refractivity contribution in [3.63, 3.8) is 0 Å². The number of hydrogen-bond acceptors (Lipinski definition) is 3. The highest BCUT2D eigenvalue weighted by atomic mass is 35.5. The van der Waals surface area contributed by atoms with Gasteiger partial charge in [0.15, 0.2) is 5.65 Å². The van der Waals surface area contributed by atoms with Gasteiger partial charge in [-0.2, -0.15) is 16.9 Å². The van der Waals surface area contributed by atoms with E-state index in [9.17, 15) is 0 Å². The highest BCUT2D eigenvalue weighted by Crippen LogP contribution is 2.44. The number of thioether (sulfide) groups is 1. The SMILES string of the molecule is CCc1nn(C)c2c1nc(CCCl)n2CC1(SC)CCC1. The second-order valence-electron chi connectivity index (χ2n) is 5.89. The van der Waals surface area contributed by atoms with Crippen molar-refractivity contribution in [1.82, 2.24) is 19.3 Å². The van der Waals surface area contributed by atoms with Gasteiger partial charge in [0.2, 0.25) is 0 Å². The van der Waals surface area contributed by atoms with Crippen LogP contribution < -0.4 is 0 Å². The van der Waals surface area contributed by atoms with Crippen molar-refractivity contribution in [2.24, 2.45) is 7.05 Å². The Kier molecular flexibility index (Phi) is 4.23. The van der Waals surface area contributed by atoms with Crippen LogP contribution in [0.15, 0.2) is 0 Å². The molecule has 1 saturated carbocycles. The fourth-order valence-electron chi connectivity index (χ4n) is 3.25. The van der Waals surface area contributed by atoms with Crippen LogP contribution >= 0.6 is 23.4 Å². The van der Waals surface area contributed by atoms with Crippen molar-refractivity contribution < 1.29 is 0 Å². The lowest BCUT2D eigenvalue weighted by Gasteiger charge is -2.41. The third kappa shape index (κ3) is 2.48. The van der Waals surface area contributed by atoms with Crippen molar-refractivity contribution in [2.75, 3.05) is 12.1 Å².